The van der Waals surface area contributed by atoms with Gasteiger partial charge in [0.05, 0.1) is 7.11 Å². The van der Waals surface area contributed by atoms with E-state index in [0.717, 1.165) is 20.0 Å². The first-order valence-corrected chi connectivity index (χ1v) is 9.90. The molecule has 6 heteroatoms. The van der Waals surface area contributed by atoms with Crippen LogP contribution in [0, 0.1) is 0 Å². The molecule has 2 aromatic carbocycles. The van der Waals surface area contributed by atoms with Crippen molar-refractivity contribution in [3.8, 4) is 0 Å². The third-order valence-corrected chi connectivity index (χ3v) is 4.99. The quantitative estimate of drug-likeness (QED) is 0.387. The number of fused-ring (bicyclic) bond motifs is 2. The van der Waals surface area contributed by atoms with Gasteiger partial charge in [0.2, 0.25) is 21.6 Å². The Kier molecular flexibility index (Phi) is 5.70. The van der Waals surface area contributed by atoms with E-state index in [2.05, 4.69) is 82.5 Å². The summed E-state index contributed by atoms with van der Waals surface area (Å²) in [5.74, 6) is 0. The number of rotatable bonds is 2. The van der Waals surface area contributed by atoms with Crippen molar-refractivity contribution in [1.82, 2.24) is 0 Å². The fraction of sp³-hybridized carbons (Fsp3) is 0.190. The Morgan fingerprint density at radius 3 is 2.33 bits per heavy atom. The first-order chi connectivity index (χ1) is 12.9. The van der Waals surface area contributed by atoms with E-state index in [9.17, 15) is 13.0 Å². The molecule has 0 amide bonds. The smallest absolute Gasteiger partial charge is 0.217 e. The molecule has 0 saturated carbocycles. The molecule has 5 nitrogen and oxygen atoms in total. The fourth-order valence-electron chi connectivity index (χ4n) is 3.40. The summed E-state index contributed by atoms with van der Waals surface area (Å²) in [7, 11) is -1.42. The second kappa shape index (κ2) is 8.00. The van der Waals surface area contributed by atoms with E-state index in [1.807, 2.05) is 0 Å². The monoisotopic (exact) mass is 383 g/mol. The Morgan fingerprint density at radius 1 is 1.04 bits per heavy atom. The minimum atomic E-state index is -4.41. The highest BCUT2D eigenvalue weighted by Crippen LogP contribution is 2.32. The van der Waals surface area contributed by atoms with Gasteiger partial charge in [-0.15, -0.1) is 0 Å². The van der Waals surface area contributed by atoms with Crippen LogP contribution in [0.25, 0.3) is 22.6 Å². The first kappa shape index (κ1) is 19.2. The molecule has 0 aliphatic heterocycles. The summed E-state index contributed by atoms with van der Waals surface area (Å²) in [6, 6.07) is 21.6. The first-order valence-electron chi connectivity index (χ1n) is 8.57. The predicted octanol–water partition coefficient (Wildman–Crippen LogP) is 3.24. The van der Waals surface area contributed by atoms with Crippen LogP contribution in [0.2, 0.25) is 0 Å². The highest BCUT2D eigenvalue weighted by Gasteiger charge is 2.27. The predicted molar refractivity (Wildman–Crippen MR) is 104 cm³/mol. The molecule has 0 atom stereocenters. The summed E-state index contributed by atoms with van der Waals surface area (Å²) >= 11 is 0. The molecule has 0 spiro atoms. The normalized spacial score (nSPS) is 14.7. The molecule has 0 N–H and O–H groups in total. The van der Waals surface area contributed by atoms with Crippen LogP contribution >= 0.6 is 0 Å². The molecule has 0 saturated heterocycles. The summed E-state index contributed by atoms with van der Waals surface area (Å²) in [6.07, 6.45) is 4.61. The number of pyridine rings is 1. The molecule has 1 aromatic heterocycles. The van der Waals surface area contributed by atoms with Gasteiger partial charge < -0.3 is 4.55 Å². The van der Waals surface area contributed by atoms with Crippen LogP contribution in [0.15, 0.2) is 60.7 Å². The van der Waals surface area contributed by atoms with E-state index in [0.29, 0.717) is 0 Å². The van der Waals surface area contributed by atoms with Gasteiger partial charge in [0.1, 0.15) is 7.05 Å². The largest absolute Gasteiger partial charge is 0.726 e. The van der Waals surface area contributed by atoms with Crippen molar-refractivity contribution in [1.29, 1.82) is 0 Å². The lowest BCUT2D eigenvalue weighted by Crippen LogP contribution is -2.34. The van der Waals surface area contributed by atoms with E-state index in [1.54, 1.807) is 0 Å². The topological polar surface area (TPSA) is 70.3 Å². The Hall–Kier alpha value is -2.54. The zero-order chi connectivity index (χ0) is 19.4. The lowest BCUT2D eigenvalue weighted by Gasteiger charge is -2.04. The van der Waals surface area contributed by atoms with Gasteiger partial charge in [0.15, 0.2) is 0 Å². The molecule has 27 heavy (non-hydrogen) atoms. The molecule has 0 radical (unpaired) electrons. The molecule has 4 rings (SSSR count). The van der Waals surface area contributed by atoms with Crippen LogP contribution in [0.4, 0.5) is 0 Å². The maximum atomic E-state index is 9.22. The third-order valence-electron chi connectivity index (χ3n) is 4.58. The van der Waals surface area contributed by atoms with Crippen molar-refractivity contribution < 1.29 is 21.7 Å². The standard InChI is InChI=1S/C20H18N.CH4O4S/c1-21-19-10-6-5-9-16(19)14-18-12-11-17(20(18)21)13-15-7-3-2-4-8-15;1-5-6(2,3)4/h2-10,13-14H,11-12H2,1H3;1H3,(H,2,3,4)/q+1;/p-1/b17-13+;. The van der Waals surface area contributed by atoms with Gasteiger partial charge in [0.25, 0.3) is 0 Å². The van der Waals surface area contributed by atoms with Crippen molar-refractivity contribution in [2.75, 3.05) is 7.11 Å². The SMILES string of the molecule is COS(=O)(=O)[O-].C[n+]1c2c(cc3ccccc31)CC/C2=C\c1ccccc1. The summed E-state index contributed by atoms with van der Waals surface area (Å²) in [6.45, 7) is 0. The highest BCUT2D eigenvalue weighted by molar-refractivity contribution is 7.80. The number of benzene rings is 2. The third kappa shape index (κ3) is 4.60. The Balaban J connectivity index is 0.000000307. The Morgan fingerprint density at radius 2 is 1.67 bits per heavy atom. The van der Waals surface area contributed by atoms with Gasteiger partial charge in [-0.2, -0.15) is 4.57 Å². The van der Waals surface area contributed by atoms with Gasteiger partial charge in [-0.25, -0.2) is 8.42 Å². The zero-order valence-corrected chi connectivity index (χ0v) is 16.1. The lowest BCUT2D eigenvalue weighted by molar-refractivity contribution is -0.647. The minimum absolute atomic E-state index is 0.808. The second-order valence-electron chi connectivity index (χ2n) is 6.29. The van der Waals surface area contributed by atoms with E-state index < -0.39 is 10.4 Å². The number of hydrogen-bond donors (Lipinski definition) is 0. The van der Waals surface area contributed by atoms with Crippen LogP contribution in [-0.4, -0.2) is 20.1 Å². The molecular weight excluding hydrogens is 362 g/mol. The molecule has 1 heterocycles. The number of aromatic nitrogens is 1. The molecule has 0 fully saturated rings. The van der Waals surface area contributed by atoms with E-state index in [-0.39, 0.29) is 0 Å². The van der Waals surface area contributed by atoms with Gasteiger partial charge in [-0.3, -0.25) is 4.18 Å². The molecular formula is C21H21NO4S. The van der Waals surface area contributed by atoms with Crippen LogP contribution < -0.4 is 4.57 Å². The summed E-state index contributed by atoms with van der Waals surface area (Å²) < 4.78 is 33.4. The summed E-state index contributed by atoms with van der Waals surface area (Å²) in [4.78, 5) is 0. The summed E-state index contributed by atoms with van der Waals surface area (Å²) in [5, 5.41) is 1.33. The number of allylic oxidation sites excluding steroid dienone is 1. The van der Waals surface area contributed by atoms with Crippen molar-refractivity contribution in [2.24, 2.45) is 7.05 Å². The van der Waals surface area contributed by atoms with Crippen molar-refractivity contribution in [3.63, 3.8) is 0 Å². The van der Waals surface area contributed by atoms with E-state index in [1.165, 1.54) is 33.3 Å². The number of nitrogens with zero attached hydrogens (tertiary/aromatic N) is 1. The van der Waals surface area contributed by atoms with Gasteiger partial charge in [-0.1, -0.05) is 42.5 Å². The number of aryl methyl sites for hydroxylation is 2. The van der Waals surface area contributed by atoms with Gasteiger partial charge in [0, 0.05) is 22.6 Å². The zero-order valence-electron chi connectivity index (χ0n) is 15.3. The van der Waals surface area contributed by atoms with E-state index in [4.69, 9.17) is 0 Å². The molecule has 0 bridgehead atoms. The average Bonchev–Trinajstić information content (AvgIpc) is 3.05. The Labute approximate surface area is 159 Å². The molecule has 1 aliphatic rings. The highest BCUT2D eigenvalue weighted by atomic mass is 32.3. The van der Waals surface area contributed by atoms with Crippen molar-refractivity contribution >= 4 is 33.0 Å². The average molecular weight is 383 g/mol. The lowest BCUT2D eigenvalue weighted by atomic mass is 10.1. The Bertz CT molecular complexity index is 1090. The van der Waals surface area contributed by atoms with Crippen LogP contribution in [0.5, 0.6) is 0 Å². The molecule has 3 aromatic rings. The van der Waals surface area contributed by atoms with Crippen molar-refractivity contribution in [2.45, 2.75) is 12.8 Å². The fourth-order valence-corrected chi connectivity index (χ4v) is 3.40. The molecule has 1 aliphatic carbocycles. The van der Waals surface area contributed by atoms with Gasteiger partial charge in [-0.05, 0) is 36.6 Å². The maximum Gasteiger partial charge on any atom is 0.217 e. The second-order valence-corrected chi connectivity index (χ2v) is 7.44. The molecule has 140 valence electrons. The van der Waals surface area contributed by atoms with E-state index >= 15 is 0 Å². The number of para-hydroxylation sites is 1. The summed E-state index contributed by atoms with van der Waals surface area (Å²) in [5.41, 5.74) is 6.91. The molecule has 0 unspecified atom stereocenters. The minimum Gasteiger partial charge on any atom is -0.726 e. The van der Waals surface area contributed by atoms with Crippen LogP contribution in [-0.2, 0) is 28.1 Å². The van der Waals surface area contributed by atoms with Gasteiger partial charge >= 0.3 is 0 Å². The van der Waals surface area contributed by atoms with Crippen LogP contribution in [0.3, 0.4) is 0 Å². The number of hydrogen-bond acceptors (Lipinski definition) is 4. The van der Waals surface area contributed by atoms with Crippen LogP contribution in [0.1, 0.15) is 23.2 Å². The maximum absolute atomic E-state index is 9.22. The van der Waals surface area contributed by atoms with Crippen molar-refractivity contribution in [3.05, 3.63) is 77.5 Å².